The van der Waals surface area contributed by atoms with Gasteiger partial charge in [-0.1, -0.05) is 0 Å². The molecule has 0 unspecified atom stereocenters. The first-order valence-corrected chi connectivity index (χ1v) is 10.8. The molecule has 0 N–H and O–H groups in total. The van der Waals surface area contributed by atoms with Gasteiger partial charge in [0.2, 0.25) is 0 Å². The molecule has 2 bridgehead atoms. The van der Waals surface area contributed by atoms with Crippen molar-refractivity contribution in [3.05, 3.63) is 44.0 Å². The van der Waals surface area contributed by atoms with Gasteiger partial charge in [-0.25, -0.2) is 18.3 Å². The predicted octanol–water partition coefficient (Wildman–Crippen LogP) is 5.70. The molecule has 3 heterocycles. The van der Waals surface area contributed by atoms with Crippen LogP contribution in [0, 0.1) is 23.4 Å². The first-order chi connectivity index (χ1) is 13.5. The van der Waals surface area contributed by atoms with E-state index in [4.69, 9.17) is 4.74 Å². The van der Waals surface area contributed by atoms with Crippen molar-refractivity contribution in [2.24, 2.45) is 0 Å². The Morgan fingerprint density at radius 3 is 2.45 bits per heavy atom. The van der Waals surface area contributed by atoms with Crippen molar-refractivity contribution >= 4 is 28.7 Å². The molecule has 1 saturated heterocycles. The molecule has 156 valence electrons. The molecule has 1 fully saturated rings. The van der Waals surface area contributed by atoms with Crippen LogP contribution >= 0.6 is 22.6 Å². The lowest BCUT2D eigenvalue weighted by Crippen LogP contribution is -2.45. The molecule has 3 atom stereocenters. The maximum atomic E-state index is 15.5. The van der Waals surface area contributed by atoms with Crippen LogP contribution in [0.5, 0.6) is 0 Å². The monoisotopic (exact) mass is 515 g/mol. The molecule has 2 aliphatic heterocycles. The SMILES string of the molecule is Cc1cc(-n2nc3c(c2I)[C@@H]2CC[C@H]([C@@H]3F)N2C(=O)OC(C)(C)C)cc(C)c1F. The Bertz CT molecular complexity index is 976. The molecule has 1 aromatic carbocycles. The lowest BCUT2D eigenvalue weighted by molar-refractivity contribution is 0.000971. The number of nitrogens with zero attached hydrogens (tertiary/aromatic N) is 3. The maximum absolute atomic E-state index is 15.5. The van der Waals surface area contributed by atoms with Crippen LogP contribution in [0.25, 0.3) is 5.69 Å². The third kappa shape index (κ3) is 3.33. The van der Waals surface area contributed by atoms with E-state index in [1.165, 1.54) is 0 Å². The van der Waals surface area contributed by atoms with Gasteiger partial charge in [0.05, 0.1) is 17.8 Å². The van der Waals surface area contributed by atoms with Gasteiger partial charge in [0.15, 0.2) is 6.17 Å². The molecule has 8 heteroatoms. The summed E-state index contributed by atoms with van der Waals surface area (Å²) in [6.07, 6.45) is -0.628. The highest BCUT2D eigenvalue weighted by molar-refractivity contribution is 14.1. The second-order valence-corrected chi connectivity index (χ2v) is 9.87. The standard InChI is InChI=1S/C21H24F2IN3O2/c1-10-8-12(9-11(2)16(10)22)27-19(24)15-13-6-7-14(17(23)18(15)25-27)26(13)20(28)29-21(3,4)5/h8-9,13-14,17H,6-7H2,1-5H3/t13-,14+,17-/m0/s1. The smallest absolute Gasteiger partial charge is 0.411 e. The quantitative estimate of drug-likeness (QED) is 0.458. The molecule has 4 rings (SSSR count). The van der Waals surface area contributed by atoms with E-state index in [9.17, 15) is 9.18 Å². The number of carbonyl (C=O) groups excluding carboxylic acids is 1. The highest BCUT2D eigenvalue weighted by Crippen LogP contribution is 2.51. The Kier molecular flexibility index (Phi) is 4.91. The highest BCUT2D eigenvalue weighted by Gasteiger charge is 2.52. The third-order valence-corrected chi connectivity index (χ3v) is 6.56. The minimum absolute atomic E-state index is 0.251. The summed E-state index contributed by atoms with van der Waals surface area (Å²) in [5.74, 6) is -0.251. The van der Waals surface area contributed by atoms with Crippen molar-refractivity contribution in [3.63, 3.8) is 0 Å². The van der Waals surface area contributed by atoms with Crippen LogP contribution in [-0.4, -0.2) is 32.4 Å². The summed E-state index contributed by atoms with van der Waals surface area (Å²) in [4.78, 5) is 14.4. The second-order valence-electron chi connectivity index (χ2n) is 8.84. The number of alkyl halides is 1. The number of ether oxygens (including phenoxy) is 1. The van der Waals surface area contributed by atoms with Gasteiger partial charge in [0, 0.05) is 5.56 Å². The zero-order valence-electron chi connectivity index (χ0n) is 17.1. The van der Waals surface area contributed by atoms with Gasteiger partial charge in [0.1, 0.15) is 20.8 Å². The van der Waals surface area contributed by atoms with Crippen LogP contribution in [-0.2, 0) is 4.74 Å². The first kappa shape index (κ1) is 20.6. The van der Waals surface area contributed by atoms with E-state index >= 15 is 4.39 Å². The Morgan fingerprint density at radius 1 is 1.24 bits per heavy atom. The maximum Gasteiger partial charge on any atom is 0.411 e. The number of benzene rings is 1. The Balaban J connectivity index is 1.79. The number of fused-ring (bicyclic) bond motifs is 4. The summed E-state index contributed by atoms with van der Waals surface area (Å²) in [5, 5.41) is 4.56. The van der Waals surface area contributed by atoms with Crippen LogP contribution in [0.15, 0.2) is 12.1 Å². The van der Waals surface area contributed by atoms with Crippen LogP contribution in [0.4, 0.5) is 13.6 Å². The summed E-state index contributed by atoms with van der Waals surface area (Å²) in [7, 11) is 0. The van der Waals surface area contributed by atoms with E-state index in [0.29, 0.717) is 35.3 Å². The molecule has 2 aromatic rings. The third-order valence-electron chi connectivity index (χ3n) is 5.52. The molecule has 0 radical (unpaired) electrons. The Hall–Kier alpha value is -1.71. The summed E-state index contributed by atoms with van der Waals surface area (Å²) < 4.78 is 37.5. The molecule has 1 aromatic heterocycles. The minimum Gasteiger partial charge on any atom is -0.444 e. The zero-order valence-corrected chi connectivity index (χ0v) is 19.3. The molecule has 29 heavy (non-hydrogen) atoms. The van der Waals surface area contributed by atoms with Crippen LogP contribution in [0.2, 0.25) is 0 Å². The van der Waals surface area contributed by atoms with Crippen molar-refractivity contribution < 1.29 is 18.3 Å². The summed E-state index contributed by atoms with van der Waals surface area (Å²) in [6, 6.07) is 2.58. The Labute approximate surface area is 182 Å². The van der Waals surface area contributed by atoms with Crippen molar-refractivity contribution in [1.29, 1.82) is 0 Å². The van der Waals surface area contributed by atoms with Crippen molar-refractivity contribution in [3.8, 4) is 5.69 Å². The van der Waals surface area contributed by atoms with E-state index in [1.807, 2.05) is 0 Å². The number of amides is 1. The summed E-state index contributed by atoms with van der Waals surface area (Å²) >= 11 is 2.14. The van der Waals surface area contributed by atoms with Crippen LogP contribution < -0.4 is 0 Å². The van der Waals surface area contributed by atoms with Gasteiger partial charge in [-0.3, -0.25) is 4.90 Å². The average Bonchev–Trinajstić information content (AvgIpc) is 3.15. The van der Waals surface area contributed by atoms with Crippen LogP contribution in [0.1, 0.15) is 68.2 Å². The van der Waals surface area contributed by atoms with E-state index in [-0.39, 0.29) is 11.9 Å². The van der Waals surface area contributed by atoms with E-state index in [1.54, 1.807) is 56.3 Å². The van der Waals surface area contributed by atoms with E-state index < -0.39 is 23.9 Å². The highest BCUT2D eigenvalue weighted by atomic mass is 127. The van der Waals surface area contributed by atoms with E-state index in [0.717, 1.165) is 9.26 Å². The molecule has 0 aliphatic carbocycles. The molecule has 1 amide bonds. The predicted molar refractivity (Wildman–Crippen MR) is 113 cm³/mol. The number of rotatable bonds is 1. The number of hydrogen-bond acceptors (Lipinski definition) is 3. The van der Waals surface area contributed by atoms with Gasteiger partial charge >= 0.3 is 6.09 Å². The fraction of sp³-hybridized carbons (Fsp3) is 0.524. The zero-order chi connectivity index (χ0) is 21.2. The number of aryl methyl sites for hydroxylation is 2. The fourth-order valence-corrected chi connectivity index (χ4v) is 5.34. The number of carbonyl (C=O) groups is 1. The molecule has 0 saturated carbocycles. The normalized spacial score (nSPS) is 23.3. The van der Waals surface area contributed by atoms with Gasteiger partial charge in [-0.15, -0.1) is 0 Å². The van der Waals surface area contributed by atoms with Gasteiger partial charge < -0.3 is 4.74 Å². The van der Waals surface area contributed by atoms with Crippen molar-refractivity contribution in [1.82, 2.24) is 14.7 Å². The minimum atomic E-state index is -1.38. The number of halogens is 3. The fourth-order valence-electron chi connectivity index (χ4n) is 4.32. The summed E-state index contributed by atoms with van der Waals surface area (Å²) in [5.41, 5.74) is 2.17. The van der Waals surface area contributed by atoms with Crippen molar-refractivity contribution in [2.45, 2.75) is 71.3 Å². The van der Waals surface area contributed by atoms with Crippen molar-refractivity contribution in [2.75, 3.05) is 0 Å². The molecule has 2 aliphatic rings. The second kappa shape index (κ2) is 6.92. The lowest BCUT2D eigenvalue weighted by atomic mass is 9.99. The topological polar surface area (TPSA) is 47.4 Å². The van der Waals surface area contributed by atoms with Crippen LogP contribution in [0.3, 0.4) is 0 Å². The summed E-state index contributed by atoms with van der Waals surface area (Å²) in [6.45, 7) is 8.81. The number of aromatic nitrogens is 2. The largest absolute Gasteiger partial charge is 0.444 e. The molecule has 5 nitrogen and oxygen atoms in total. The average molecular weight is 515 g/mol. The van der Waals surface area contributed by atoms with Gasteiger partial charge in [-0.05, 0) is 93.3 Å². The van der Waals surface area contributed by atoms with E-state index in [2.05, 4.69) is 27.7 Å². The van der Waals surface area contributed by atoms with Gasteiger partial charge in [0.25, 0.3) is 0 Å². The molecular formula is C21H24F2IN3O2. The van der Waals surface area contributed by atoms with Gasteiger partial charge in [-0.2, -0.15) is 5.10 Å². The molecule has 0 spiro atoms. The Morgan fingerprint density at radius 2 is 1.86 bits per heavy atom. The lowest BCUT2D eigenvalue weighted by Gasteiger charge is -2.37. The number of hydrogen-bond donors (Lipinski definition) is 0. The molecular weight excluding hydrogens is 491 g/mol. The first-order valence-electron chi connectivity index (χ1n) is 9.70.